The van der Waals surface area contributed by atoms with Crippen molar-refractivity contribution in [3.63, 3.8) is 0 Å². The van der Waals surface area contributed by atoms with Gasteiger partial charge in [0.05, 0.1) is 22.8 Å². The molecule has 6 rings (SSSR count). The number of hydrogen-bond donors (Lipinski definition) is 1. The van der Waals surface area contributed by atoms with Crippen molar-refractivity contribution in [1.82, 2.24) is 24.5 Å². The van der Waals surface area contributed by atoms with Gasteiger partial charge in [0, 0.05) is 34.5 Å². The Morgan fingerprint density at radius 3 is 2.56 bits per heavy atom. The fourth-order valence-corrected chi connectivity index (χ4v) is 4.93. The second-order valence-corrected chi connectivity index (χ2v) is 9.91. The van der Waals surface area contributed by atoms with E-state index >= 15 is 0 Å². The van der Waals surface area contributed by atoms with E-state index in [1.165, 1.54) is 0 Å². The highest BCUT2D eigenvalue weighted by Crippen LogP contribution is 2.29. The molecular formula is C32H27N7O2. The fourth-order valence-electron chi connectivity index (χ4n) is 4.93. The summed E-state index contributed by atoms with van der Waals surface area (Å²) in [6.45, 7) is 3.82. The molecular weight excluding hydrogens is 514 g/mol. The summed E-state index contributed by atoms with van der Waals surface area (Å²) in [4.78, 5) is 29.3. The van der Waals surface area contributed by atoms with Gasteiger partial charge in [0.1, 0.15) is 12.1 Å². The van der Waals surface area contributed by atoms with Crippen molar-refractivity contribution in [1.29, 1.82) is 0 Å². The molecule has 9 heteroatoms. The Morgan fingerprint density at radius 1 is 0.927 bits per heavy atom. The van der Waals surface area contributed by atoms with Crippen molar-refractivity contribution < 1.29 is 4.92 Å². The molecule has 0 radical (unpaired) electrons. The van der Waals surface area contributed by atoms with Crippen molar-refractivity contribution in [3.8, 4) is 28.2 Å². The third kappa shape index (κ3) is 5.51. The highest BCUT2D eigenvalue weighted by molar-refractivity contribution is 5.83. The Balaban J connectivity index is 1.40. The Bertz CT molecular complexity index is 1870. The molecule has 9 nitrogen and oxygen atoms in total. The van der Waals surface area contributed by atoms with E-state index < -0.39 is 0 Å². The summed E-state index contributed by atoms with van der Waals surface area (Å²) < 4.78 is 1.96. The first-order valence-corrected chi connectivity index (χ1v) is 13.2. The number of pyridine rings is 1. The Kier molecular flexibility index (Phi) is 6.91. The van der Waals surface area contributed by atoms with Crippen LogP contribution in [0.25, 0.3) is 39.2 Å². The fraction of sp³-hybridized carbons (Fsp3) is 0.125. The maximum Gasteiger partial charge on any atom is 0.228 e. The molecule has 3 aromatic heterocycles. The van der Waals surface area contributed by atoms with Gasteiger partial charge in [0.2, 0.25) is 12.5 Å². The highest BCUT2D eigenvalue weighted by atomic mass is 16.6. The van der Waals surface area contributed by atoms with Gasteiger partial charge in [-0.15, -0.1) is 0 Å². The van der Waals surface area contributed by atoms with Gasteiger partial charge in [-0.2, -0.15) is 4.98 Å². The SMILES string of the molecule is Cc1ccccc1-c1cc(-n2cnc3cc(-c4ccncc4)ccc32)nc(N[C@@H](C)c2cccc(C[N+](=O)[O-])c2)n1. The molecule has 0 bridgehead atoms. The summed E-state index contributed by atoms with van der Waals surface area (Å²) >= 11 is 0. The number of nitrogens with one attached hydrogen (secondary N) is 1. The third-order valence-corrected chi connectivity index (χ3v) is 7.05. The number of rotatable bonds is 8. The lowest BCUT2D eigenvalue weighted by Gasteiger charge is -2.17. The molecule has 0 amide bonds. The van der Waals surface area contributed by atoms with Crippen LogP contribution in [-0.4, -0.2) is 29.4 Å². The summed E-state index contributed by atoms with van der Waals surface area (Å²) in [6.07, 6.45) is 5.33. The second-order valence-electron chi connectivity index (χ2n) is 9.91. The van der Waals surface area contributed by atoms with Crippen LogP contribution in [0.1, 0.15) is 29.7 Å². The minimum Gasteiger partial charge on any atom is -0.348 e. The average Bonchev–Trinajstić information content (AvgIpc) is 3.41. The molecule has 41 heavy (non-hydrogen) atoms. The van der Waals surface area contributed by atoms with Crippen molar-refractivity contribution in [2.45, 2.75) is 26.4 Å². The standard InChI is InChI=1S/C32H27N7O2/c1-21-6-3-4-9-27(21)28-18-31(37-32(36-28)35-22(2)25-8-5-7-23(16-25)19-39(40)41)38-20-34-29-17-26(10-11-30(29)38)24-12-14-33-15-13-24/h3-18,20,22H,19H2,1-2H3,(H,35,36,37)/t22-/m0/s1. The number of imidazole rings is 1. The third-order valence-electron chi connectivity index (χ3n) is 7.05. The lowest BCUT2D eigenvalue weighted by atomic mass is 10.0. The van der Waals surface area contributed by atoms with Gasteiger partial charge in [-0.25, -0.2) is 9.97 Å². The Hall–Kier alpha value is -5.44. The molecule has 0 saturated heterocycles. The predicted octanol–water partition coefficient (Wildman–Crippen LogP) is 6.80. The van der Waals surface area contributed by atoms with Gasteiger partial charge in [-0.1, -0.05) is 48.5 Å². The molecule has 0 spiro atoms. The first-order valence-electron chi connectivity index (χ1n) is 13.2. The number of aryl methyl sites for hydroxylation is 1. The van der Waals surface area contributed by atoms with Crippen LogP contribution in [0.3, 0.4) is 0 Å². The predicted molar refractivity (Wildman–Crippen MR) is 159 cm³/mol. The molecule has 0 fully saturated rings. The second kappa shape index (κ2) is 11.0. The number of nitrogens with zero attached hydrogens (tertiary/aromatic N) is 6. The van der Waals surface area contributed by atoms with Crippen LogP contribution in [0, 0.1) is 17.0 Å². The number of fused-ring (bicyclic) bond motifs is 1. The number of nitro groups is 1. The summed E-state index contributed by atoms with van der Waals surface area (Å²) in [6, 6.07) is 27.4. The molecule has 6 aromatic rings. The molecule has 1 N–H and O–H groups in total. The highest BCUT2D eigenvalue weighted by Gasteiger charge is 2.16. The summed E-state index contributed by atoms with van der Waals surface area (Å²) in [5.41, 5.74) is 8.34. The molecule has 1 atom stereocenters. The topological polar surface area (TPSA) is 112 Å². The maximum atomic E-state index is 11.0. The van der Waals surface area contributed by atoms with E-state index in [9.17, 15) is 10.1 Å². The molecule has 0 unspecified atom stereocenters. The maximum absolute atomic E-state index is 11.0. The van der Waals surface area contributed by atoms with Gasteiger partial charge in [-0.3, -0.25) is 19.7 Å². The van der Waals surface area contributed by atoms with Crippen LogP contribution < -0.4 is 5.32 Å². The zero-order valence-corrected chi connectivity index (χ0v) is 22.6. The van der Waals surface area contributed by atoms with E-state index in [0.717, 1.165) is 44.5 Å². The van der Waals surface area contributed by atoms with Crippen molar-refractivity contribution >= 4 is 17.0 Å². The van der Waals surface area contributed by atoms with Crippen LogP contribution in [0.4, 0.5) is 5.95 Å². The van der Waals surface area contributed by atoms with Crippen LogP contribution in [-0.2, 0) is 6.54 Å². The monoisotopic (exact) mass is 541 g/mol. The zero-order valence-electron chi connectivity index (χ0n) is 22.6. The van der Waals surface area contributed by atoms with Gasteiger partial charge < -0.3 is 5.32 Å². The number of benzene rings is 3. The summed E-state index contributed by atoms with van der Waals surface area (Å²) in [7, 11) is 0. The Morgan fingerprint density at radius 2 is 1.76 bits per heavy atom. The van der Waals surface area contributed by atoms with E-state index in [4.69, 9.17) is 9.97 Å². The number of aromatic nitrogens is 5. The van der Waals surface area contributed by atoms with Crippen LogP contribution in [0.5, 0.6) is 0 Å². The lowest BCUT2D eigenvalue weighted by molar-refractivity contribution is -0.496. The largest absolute Gasteiger partial charge is 0.348 e. The van der Waals surface area contributed by atoms with Gasteiger partial charge >= 0.3 is 0 Å². The molecule has 0 aliphatic carbocycles. The van der Waals surface area contributed by atoms with Crippen molar-refractivity contribution in [3.05, 3.63) is 130 Å². The van der Waals surface area contributed by atoms with Crippen LogP contribution in [0.15, 0.2) is 104 Å². The van der Waals surface area contributed by atoms with Crippen molar-refractivity contribution in [2.24, 2.45) is 0 Å². The van der Waals surface area contributed by atoms with E-state index in [0.29, 0.717) is 17.3 Å². The smallest absolute Gasteiger partial charge is 0.228 e. The molecule has 0 aliphatic heterocycles. The van der Waals surface area contributed by atoms with E-state index in [1.54, 1.807) is 24.8 Å². The van der Waals surface area contributed by atoms with E-state index in [-0.39, 0.29) is 17.5 Å². The van der Waals surface area contributed by atoms with Gasteiger partial charge in [-0.05, 0) is 66.4 Å². The average molecular weight is 542 g/mol. The van der Waals surface area contributed by atoms with Gasteiger partial charge in [0.25, 0.3) is 0 Å². The summed E-state index contributed by atoms with van der Waals surface area (Å²) in [5, 5.41) is 14.5. The Labute approximate surface area is 236 Å². The van der Waals surface area contributed by atoms with Crippen molar-refractivity contribution in [2.75, 3.05) is 5.32 Å². The quantitative estimate of drug-likeness (QED) is 0.167. The molecule has 3 aromatic carbocycles. The molecule has 0 aliphatic rings. The minimum absolute atomic E-state index is 0.191. The van der Waals surface area contributed by atoms with Crippen LogP contribution >= 0.6 is 0 Å². The summed E-state index contributed by atoms with van der Waals surface area (Å²) in [5.74, 6) is 1.12. The molecule has 0 saturated carbocycles. The number of anilines is 1. The number of hydrogen-bond acceptors (Lipinski definition) is 7. The first kappa shape index (κ1) is 25.8. The zero-order chi connectivity index (χ0) is 28.3. The van der Waals surface area contributed by atoms with Crippen LogP contribution in [0.2, 0.25) is 0 Å². The first-order chi connectivity index (χ1) is 19.9. The van der Waals surface area contributed by atoms with Gasteiger partial charge in [0.15, 0.2) is 0 Å². The normalized spacial score (nSPS) is 11.9. The minimum atomic E-state index is -0.326. The molecule has 202 valence electrons. The van der Waals surface area contributed by atoms with E-state index in [2.05, 4.69) is 40.4 Å². The van der Waals surface area contributed by atoms with E-state index in [1.807, 2.05) is 72.2 Å². The lowest BCUT2D eigenvalue weighted by Crippen LogP contribution is -2.12. The molecule has 3 heterocycles.